The molecular weight excluding hydrogens is 430 g/mol. The van der Waals surface area contributed by atoms with Gasteiger partial charge in [-0.15, -0.1) is 21.5 Å². The van der Waals surface area contributed by atoms with Crippen LogP contribution in [-0.2, 0) is 11.4 Å². The van der Waals surface area contributed by atoms with Crippen molar-refractivity contribution in [2.45, 2.75) is 23.9 Å². The van der Waals surface area contributed by atoms with E-state index in [1.54, 1.807) is 6.92 Å². The van der Waals surface area contributed by atoms with Crippen LogP contribution in [0.25, 0.3) is 10.7 Å². The Labute approximate surface area is 188 Å². The molecule has 1 atom stereocenters. The van der Waals surface area contributed by atoms with E-state index in [9.17, 15) is 4.79 Å². The standard InChI is InChI=1S/C22H21N5O2S2/c1-15(31-22-26-25-20(27(22)23)19-8-5-13-30-19)21(28)24-17-9-11-18(12-10-17)29-14-16-6-3-2-4-7-16/h2-13,15H,14,23H2,1H3,(H,24,28). The van der Waals surface area contributed by atoms with Crippen LogP contribution in [0.15, 0.2) is 77.3 Å². The van der Waals surface area contributed by atoms with Gasteiger partial charge in [0.1, 0.15) is 12.4 Å². The fourth-order valence-corrected chi connectivity index (χ4v) is 4.24. The predicted molar refractivity (Wildman–Crippen MR) is 125 cm³/mol. The van der Waals surface area contributed by atoms with Gasteiger partial charge in [0.05, 0.1) is 10.1 Å². The highest BCUT2D eigenvalue weighted by Gasteiger charge is 2.20. The molecule has 0 aliphatic heterocycles. The zero-order chi connectivity index (χ0) is 21.6. The number of rotatable bonds is 8. The van der Waals surface area contributed by atoms with Gasteiger partial charge in [0.15, 0.2) is 5.82 Å². The fourth-order valence-electron chi connectivity index (χ4n) is 2.76. The molecule has 2 heterocycles. The van der Waals surface area contributed by atoms with Crippen molar-refractivity contribution in [1.29, 1.82) is 0 Å². The largest absolute Gasteiger partial charge is 0.489 e. The number of amides is 1. The van der Waals surface area contributed by atoms with Gasteiger partial charge in [0.2, 0.25) is 11.1 Å². The van der Waals surface area contributed by atoms with E-state index < -0.39 is 5.25 Å². The summed E-state index contributed by atoms with van der Waals surface area (Å²) >= 11 is 2.79. The number of nitrogens with one attached hydrogen (secondary N) is 1. The van der Waals surface area contributed by atoms with Gasteiger partial charge in [0.25, 0.3) is 0 Å². The Morgan fingerprint density at radius 2 is 1.90 bits per heavy atom. The van der Waals surface area contributed by atoms with Crippen LogP contribution in [-0.4, -0.2) is 26.0 Å². The number of anilines is 1. The Hall–Kier alpha value is -3.30. The van der Waals surface area contributed by atoms with E-state index >= 15 is 0 Å². The SMILES string of the molecule is CC(Sc1nnc(-c2cccs2)n1N)C(=O)Nc1ccc(OCc2ccccc2)cc1. The van der Waals surface area contributed by atoms with Gasteiger partial charge in [0, 0.05) is 5.69 Å². The molecule has 0 aliphatic carbocycles. The second kappa shape index (κ2) is 9.67. The Morgan fingerprint density at radius 3 is 2.61 bits per heavy atom. The number of aromatic nitrogens is 3. The third kappa shape index (κ3) is 5.25. The van der Waals surface area contributed by atoms with Gasteiger partial charge in [-0.3, -0.25) is 4.79 Å². The van der Waals surface area contributed by atoms with E-state index in [0.717, 1.165) is 16.2 Å². The number of thiophene rings is 1. The average molecular weight is 452 g/mol. The van der Waals surface area contributed by atoms with Crippen molar-refractivity contribution in [3.05, 3.63) is 77.7 Å². The third-order valence-corrected chi connectivity index (χ3v) is 6.35. The maximum atomic E-state index is 12.6. The summed E-state index contributed by atoms with van der Waals surface area (Å²) in [4.78, 5) is 13.5. The molecule has 0 fully saturated rings. The van der Waals surface area contributed by atoms with Gasteiger partial charge in [-0.1, -0.05) is 48.2 Å². The fraction of sp³-hybridized carbons (Fsp3) is 0.136. The van der Waals surface area contributed by atoms with Crippen molar-refractivity contribution in [2.24, 2.45) is 0 Å². The van der Waals surface area contributed by atoms with Gasteiger partial charge < -0.3 is 15.9 Å². The third-order valence-electron chi connectivity index (χ3n) is 4.43. The molecular formula is C22H21N5O2S2. The van der Waals surface area contributed by atoms with Gasteiger partial charge in [-0.2, -0.15) is 0 Å². The molecule has 4 rings (SSSR count). The molecule has 3 N–H and O–H groups in total. The van der Waals surface area contributed by atoms with E-state index in [-0.39, 0.29) is 5.91 Å². The quantitative estimate of drug-likeness (QED) is 0.304. The van der Waals surface area contributed by atoms with Crippen molar-refractivity contribution >= 4 is 34.7 Å². The van der Waals surface area contributed by atoms with Crippen LogP contribution < -0.4 is 15.9 Å². The van der Waals surface area contributed by atoms with Crippen LogP contribution in [0.4, 0.5) is 5.69 Å². The first-order valence-electron chi connectivity index (χ1n) is 9.59. The molecule has 0 saturated heterocycles. The van der Waals surface area contributed by atoms with Crippen molar-refractivity contribution < 1.29 is 9.53 Å². The van der Waals surface area contributed by atoms with Crippen LogP contribution in [0, 0.1) is 0 Å². The van der Waals surface area contributed by atoms with E-state index in [4.69, 9.17) is 10.6 Å². The number of nitrogens with two attached hydrogens (primary N) is 1. The highest BCUT2D eigenvalue weighted by molar-refractivity contribution is 8.00. The van der Waals surface area contributed by atoms with Crippen LogP contribution >= 0.6 is 23.1 Å². The lowest BCUT2D eigenvalue weighted by atomic mass is 10.2. The number of ether oxygens (including phenoxy) is 1. The lowest BCUT2D eigenvalue weighted by molar-refractivity contribution is -0.115. The van der Waals surface area contributed by atoms with Gasteiger partial charge in [-0.05, 0) is 48.2 Å². The van der Waals surface area contributed by atoms with Gasteiger partial charge in [-0.25, -0.2) is 4.68 Å². The maximum absolute atomic E-state index is 12.6. The summed E-state index contributed by atoms with van der Waals surface area (Å²) in [5.74, 6) is 7.28. The highest BCUT2D eigenvalue weighted by Crippen LogP contribution is 2.27. The van der Waals surface area contributed by atoms with Crippen LogP contribution in [0.2, 0.25) is 0 Å². The molecule has 4 aromatic rings. The van der Waals surface area contributed by atoms with E-state index in [1.165, 1.54) is 27.8 Å². The zero-order valence-corrected chi connectivity index (χ0v) is 18.4. The first-order chi connectivity index (χ1) is 15.1. The van der Waals surface area contributed by atoms with Crippen LogP contribution in [0.5, 0.6) is 5.75 Å². The number of nitrogens with zero attached hydrogens (tertiary/aromatic N) is 3. The Morgan fingerprint density at radius 1 is 1.13 bits per heavy atom. The molecule has 158 valence electrons. The molecule has 2 aromatic carbocycles. The molecule has 0 saturated carbocycles. The van der Waals surface area contributed by atoms with E-state index in [0.29, 0.717) is 23.3 Å². The number of hydrogen-bond donors (Lipinski definition) is 2. The van der Waals surface area contributed by atoms with Crippen molar-refractivity contribution in [3.63, 3.8) is 0 Å². The summed E-state index contributed by atoms with van der Waals surface area (Å²) in [6.45, 7) is 2.30. The number of carbonyl (C=O) groups excluding carboxylic acids is 1. The minimum atomic E-state index is -0.406. The number of benzene rings is 2. The molecule has 0 aliphatic rings. The Balaban J connectivity index is 1.32. The van der Waals surface area contributed by atoms with Crippen molar-refractivity contribution in [3.8, 4) is 16.5 Å². The number of hydrogen-bond acceptors (Lipinski definition) is 7. The second-order valence-electron chi connectivity index (χ2n) is 6.70. The van der Waals surface area contributed by atoms with E-state index in [2.05, 4.69) is 15.5 Å². The molecule has 0 spiro atoms. The number of nitrogen functional groups attached to an aromatic ring is 1. The molecule has 1 unspecified atom stereocenters. The molecule has 1 amide bonds. The monoisotopic (exact) mass is 451 g/mol. The summed E-state index contributed by atoms with van der Waals surface area (Å²) in [6.07, 6.45) is 0. The first-order valence-corrected chi connectivity index (χ1v) is 11.3. The van der Waals surface area contributed by atoms with E-state index in [1.807, 2.05) is 72.1 Å². The molecule has 0 radical (unpaired) electrons. The Kier molecular flexibility index (Phi) is 6.54. The topological polar surface area (TPSA) is 95.1 Å². The summed E-state index contributed by atoms with van der Waals surface area (Å²) in [5.41, 5.74) is 1.79. The summed E-state index contributed by atoms with van der Waals surface area (Å²) in [5, 5.41) is 13.2. The average Bonchev–Trinajstić information content (AvgIpc) is 3.44. The lowest BCUT2D eigenvalue weighted by Crippen LogP contribution is -2.23. The minimum Gasteiger partial charge on any atom is -0.489 e. The number of thioether (sulfide) groups is 1. The summed E-state index contributed by atoms with van der Waals surface area (Å²) in [6, 6.07) is 21.1. The van der Waals surface area contributed by atoms with Crippen molar-refractivity contribution in [2.75, 3.05) is 11.2 Å². The molecule has 7 nitrogen and oxygen atoms in total. The molecule has 31 heavy (non-hydrogen) atoms. The summed E-state index contributed by atoms with van der Waals surface area (Å²) in [7, 11) is 0. The maximum Gasteiger partial charge on any atom is 0.237 e. The minimum absolute atomic E-state index is 0.149. The van der Waals surface area contributed by atoms with Crippen LogP contribution in [0.1, 0.15) is 12.5 Å². The predicted octanol–water partition coefficient (Wildman–Crippen LogP) is 4.42. The lowest BCUT2D eigenvalue weighted by Gasteiger charge is -2.12. The second-order valence-corrected chi connectivity index (χ2v) is 8.96. The molecule has 9 heteroatoms. The molecule has 0 bridgehead atoms. The highest BCUT2D eigenvalue weighted by atomic mass is 32.2. The Bertz CT molecular complexity index is 1130. The number of carbonyl (C=O) groups is 1. The van der Waals surface area contributed by atoms with Crippen molar-refractivity contribution in [1.82, 2.24) is 14.9 Å². The van der Waals surface area contributed by atoms with Gasteiger partial charge >= 0.3 is 0 Å². The van der Waals surface area contributed by atoms with Crippen LogP contribution in [0.3, 0.4) is 0 Å². The smallest absolute Gasteiger partial charge is 0.237 e. The normalized spacial score (nSPS) is 11.8. The molecule has 2 aromatic heterocycles. The zero-order valence-electron chi connectivity index (χ0n) is 16.8. The first kappa shape index (κ1) is 21.0. The summed E-state index contributed by atoms with van der Waals surface area (Å²) < 4.78 is 7.19.